The summed E-state index contributed by atoms with van der Waals surface area (Å²) in [5.74, 6) is -1.83. The molecule has 1 radical (unpaired) electrons. The number of allylic oxidation sites excluding steroid dienone is 2. The van der Waals surface area contributed by atoms with Crippen molar-refractivity contribution in [2.45, 2.75) is 12.1 Å². The number of carbonyl (C=O) groups excluding carboxylic acids is 4. The first-order valence-corrected chi connectivity index (χ1v) is 20.2. The third-order valence-corrected chi connectivity index (χ3v) is 11.3. The van der Waals surface area contributed by atoms with Gasteiger partial charge in [-0.15, -0.1) is 33.5 Å². The van der Waals surface area contributed by atoms with E-state index in [1.807, 2.05) is 97.1 Å². The number of carbonyl (C=O) groups is 4. The topological polar surface area (TPSA) is 162 Å². The van der Waals surface area contributed by atoms with Crippen molar-refractivity contribution < 1.29 is 55.2 Å². The summed E-state index contributed by atoms with van der Waals surface area (Å²) in [6.45, 7) is 0. The monoisotopic (exact) mass is 909 g/mol. The number of benzene rings is 4. The smallest absolute Gasteiger partial charge is 0.337 e. The first kappa shape index (κ1) is 43.8. The Morgan fingerprint density at radius 3 is 1.02 bits per heavy atom. The normalized spacial score (nSPS) is 19.9. The van der Waals surface area contributed by atoms with Crippen molar-refractivity contribution in [2.24, 2.45) is 0 Å². The van der Waals surface area contributed by atoms with Crippen LogP contribution in [0.2, 0.25) is 0 Å². The maximum Gasteiger partial charge on any atom is 0.337 e. The number of rotatable bonds is 8. The van der Waals surface area contributed by atoms with Crippen molar-refractivity contribution in [1.82, 2.24) is 9.97 Å². The van der Waals surface area contributed by atoms with Gasteiger partial charge in [0.2, 0.25) is 0 Å². The SMILES string of the molecule is COC(=O)c1ccc(/C2=C3\C=CC([N-]3)/C(c3ccc(C(=O)OC)cc3)=c3/cc/c([n-]3)=C(\c3ccc(C(=O)OC)cc3)C3C=C/C(=C(\c4ccc(C(=O)OC)cc4)c4ccc2[n-]4)[N-]3)cc1.[Cu]. The van der Waals surface area contributed by atoms with Crippen LogP contribution in [0.1, 0.15) is 75.1 Å². The second kappa shape index (κ2) is 18.5. The Bertz CT molecular complexity index is 2890. The molecule has 3 aliphatic rings. The van der Waals surface area contributed by atoms with Crippen molar-refractivity contribution in [1.29, 1.82) is 0 Å². The van der Waals surface area contributed by atoms with Crippen molar-refractivity contribution in [3.8, 4) is 0 Å². The molecule has 2 unspecified atom stereocenters. The van der Waals surface area contributed by atoms with Crippen molar-refractivity contribution in [3.63, 3.8) is 0 Å². The fraction of sp³-hybridized carbons (Fsp3) is 0.115. The van der Waals surface area contributed by atoms with Crippen LogP contribution in [0.15, 0.2) is 157 Å². The van der Waals surface area contributed by atoms with Gasteiger partial charge in [0, 0.05) is 17.1 Å². The Kier molecular flexibility index (Phi) is 12.4. The molecule has 0 aliphatic carbocycles. The van der Waals surface area contributed by atoms with Crippen LogP contribution in [-0.2, 0) is 36.0 Å². The van der Waals surface area contributed by atoms with Crippen LogP contribution in [-0.4, -0.2) is 64.4 Å². The Hall–Kier alpha value is -7.86. The fourth-order valence-corrected chi connectivity index (χ4v) is 8.14. The fourth-order valence-electron chi connectivity index (χ4n) is 8.14. The summed E-state index contributed by atoms with van der Waals surface area (Å²) in [5.41, 5.74) is 10.2. The summed E-state index contributed by atoms with van der Waals surface area (Å²) in [4.78, 5) is 60.5. The minimum absolute atomic E-state index is 0. The Balaban J connectivity index is 0.00000576. The molecule has 12 nitrogen and oxygen atoms in total. The molecule has 3 aliphatic heterocycles. The summed E-state index contributed by atoms with van der Waals surface area (Å²) >= 11 is 0. The van der Waals surface area contributed by atoms with Crippen molar-refractivity contribution in [2.75, 3.05) is 28.4 Å². The van der Waals surface area contributed by atoms with Crippen LogP contribution in [0, 0.1) is 0 Å². The molecule has 5 heterocycles. The van der Waals surface area contributed by atoms with E-state index in [9.17, 15) is 19.2 Å². The molecular weight excluding hydrogens is 872 g/mol. The zero-order chi connectivity index (χ0) is 44.5. The van der Waals surface area contributed by atoms with Crippen LogP contribution in [0.25, 0.3) is 32.9 Å². The van der Waals surface area contributed by atoms with Gasteiger partial charge in [0.15, 0.2) is 0 Å². The molecule has 0 N–H and O–H groups in total. The summed E-state index contributed by atoms with van der Waals surface area (Å²) in [6, 6.07) is 35.2. The Morgan fingerprint density at radius 2 is 0.708 bits per heavy atom. The number of esters is 4. The Morgan fingerprint density at radius 1 is 0.400 bits per heavy atom. The van der Waals surface area contributed by atoms with E-state index < -0.39 is 36.0 Å². The van der Waals surface area contributed by atoms with Gasteiger partial charge in [-0.3, -0.25) is 0 Å². The maximum absolute atomic E-state index is 12.5. The van der Waals surface area contributed by atoms with Gasteiger partial charge in [0.05, 0.1) is 50.7 Å². The molecule has 2 aromatic heterocycles. The summed E-state index contributed by atoms with van der Waals surface area (Å²) in [7, 11) is 5.37. The van der Waals surface area contributed by atoms with Gasteiger partial charge in [-0.1, -0.05) is 120 Å². The molecular formula is C52H38CuN4O8-4. The zero-order valence-electron chi connectivity index (χ0n) is 35.4. The minimum atomic E-state index is -0.525. The van der Waals surface area contributed by atoms with Gasteiger partial charge in [-0.05, 0) is 81.9 Å². The first-order valence-electron chi connectivity index (χ1n) is 20.2. The summed E-state index contributed by atoms with van der Waals surface area (Å²) in [6.07, 6.45) is 7.92. The van der Waals surface area contributed by atoms with E-state index in [0.717, 1.165) is 44.5 Å². The maximum atomic E-state index is 12.5. The second-order valence-electron chi connectivity index (χ2n) is 14.9. The summed E-state index contributed by atoms with van der Waals surface area (Å²) < 4.78 is 19.9. The van der Waals surface area contributed by atoms with Crippen LogP contribution < -0.4 is 20.7 Å². The molecule has 8 bridgehead atoms. The van der Waals surface area contributed by atoms with Gasteiger partial charge in [0.25, 0.3) is 0 Å². The number of ether oxygens (including phenoxy) is 4. The molecule has 0 amide bonds. The van der Waals surface area contributed by atoms with E-state index in [4.69, 9.17) is 39.5 Å². The standard InChI is InChI=1S/C52H41N4O8.Cu/c1-61-49(57)33-13-5-29(6-14-33)45-37-21-23-39(53-37)46(30-7-15-34(16-8-30)50(58)62-2)41-25-27-43(55-41)48(32-11-19-36(20-12-32)52(60)64-4)44-28-26-42(56-44)47(40-24-22-38(45)54-40)31-9-17-35(18-10-31)51(59)63-3;/h5-28,37,42H,1-4H3,(H3-,53,54,55,56,57,58,59,60);/q-1;/p-3. The van der Waals surface area contributed by atoms with E-state index in [0.29, 0.717) is 55.7 Å². The Labute approximate surface area is 384 Å². The molecule has 329 valence electrons. The largest absolute Gasteiger partial charge is 0.674 e. The van der Waals surface area contributed by atoms with Crippen LogP contribution in [0.5, 0.6) is 0 Å². The van der Waals surface area contributed by atoms with E-state index in [1.54, 1.807) is 48.5 Å². The minimum Gasteiger partial charge on any atom is -0.674 e. The molecule has 2 atom stereocenters. The number of fused-ring (bicyclic) bond motifs is 8. The molecule has 13 heteroatoms. The molecule has 0 saturated heterocycles. The van der Waals surface area contributed by atoms with Crippen LogP contribution >= 0.6 is 0 Å². The van der Waals surface area contributed by atoms with E-state index in [2.05, 4.69) is 0 Å². The third-order valence-electron chi connectivity index (χ3n) is 11.3. The van der Waals surface area contributed by atoms with Crippen molar-refractivity contribution >= 4 is 46.2 Å². The predicted molar refractivity (Wildman–Crippen MR) is 240 cm³/mol. The molecule has 6 aromatic rings. The third kappa shape index (κ3) is 8.38. The number of nitrogens with zero attached hydrogens (tertiary/aromatic N) is 4. The van der Waals surface area contributed by atoms with Crippen LogP contribution in [0.4, 0.5) is 0 Å². The molecule has 0 spiro atoms. The average Bonchev–Trinajstić information content (AvgIpc) is 4.20. The van der Waals surface area contributed by atoms with Crippen molar-refractivity contribution in [3.05, 3.63) is 234 Å². The molecule has 0 fully saturated rings. The van der Waals surface area contributed by atoms with Gasteiger partial charge < -0.3 is 39.5 Å². The van der Waals surface area contributed by atoms with E-state index in [-0.39, 0.29) is 17.1 Å². The average molecular weight is 910 g/mol. The molecule has 65 heavy (non-hydrogen) atoms. The second-order valence-corrected chi connectivity index (χ2v) is 14.9. The van der Waals surface area contributed by atoms with E-state index >= 15 is 0 Å². The molecule has 0 saturated carbocycles. The molecule has 4 aromatic carbocycles. The first-order chi connectivity index (χ1) is 31.2. The van der Waals surface area contributed by atoms with Gasteiger partial charge in [-0.25, -0.2) is 19.2 Å². The number of methoxy groups -OCH3 is 4. The quantitative estimate of drug-likeness (QED) is 0.0884. The number of hydrogen-bond acceptors (Lipinski definition) is 8. The number of hydrogen-bond donors (Lipinski definition) is 0. The van der Waals surface area contributed by atoms with Gasteiger partial charge in [0.1, 0.15) is 0 Å². The van der Waals surface area contributed by atoms with Crippen LogP contribution in [0.3, 0.4) is 0 Å². The predicted octanol–water partition coefficient (Wildman–Crippen LogP) is 7.00. The summed E-state index contributed by atoms with van der Waals surface area (Å²) in [5, 5.41) is 12.0. The zero-order valence-corrected chi connectivity index (χ0v) is 36.3. The van der Waals surface area contributed by atoms with Gasteiger partial charge >= 0.3 is 23.9 Å². The molecule has 9 rings (SSSR count). The number of aromatic nitrogens is 2. The van der Waals surface area contributed by atoms with E-state index in [1.165, 1.54) is 28.4 Å². The van der Waals surface area contributed by atoms with Gasteiger partial charge in [-0.2, -0.15) is 0 Å².